The van der Waals surface area contributed by atoms with E-state index in [1.54, 1.807) is 80.7 Å². The van der Waals surface area contributed by atoms with E-state index in [0.29, 0.717) is 35.9 Å². The van der Waals surface area contributed by atoms with E-state index in [4.69, 9.17) is 35.3 Å². The van der Waals surface area contributed by atoms with Gasteiger partial charge in [-0.25, -0.2) is 9.59 Å². The third-order valence-corrected chi connectivity index (χ3v) is 16.9. The smallest absolute Gasteiger partial charge is 0.409 e. The number of halogens is 1. The van der Waals surface area contributed by atoms with Crippen molar-refractivity contribution in [3.63, 3.8) is 0 Å². The van der Waals surface area contributed by atoms with Crippen molar-refractivity contribution in [1.82, 2.24) is 15.5 Å². The van der Waals surface area contributed by atoms with Gasteiger partial charge in [0.2, 0.25) is 17.7 Å². The molecule has 4 amide bonds. The molecule has 1 saturated carbocycles. The molecule has 68 heavy (non-hydrogen) atoms. The van der Waals surface area contributed by atoms with Crippen molar-refractivity contribution in [3.05, 3.63) is 46.5 Å². The first kappa shape index (κ1) is 55.4. The normalized spacial score (nSPS) is 30.7. The first-order valence-corrected chi connectivity index (χ1v) is 27.1. The number of anilines is 1. The molecule has 10 atom stereocenters. The SMILES string of the molecule is CCCC1CCCCCC(NC(=O)CCCSSCCC(=O)N(C)[C@@H](C)C(=O)O[C@H]2CC(=O)N(C)c3cc(cc(OC)c3Cl)C/C(C)=C/C=C/[C@@H](OC)[C@@]3(O)C[C@H](OC(=O)N3)[C@@H](C)[C@@H]3O[C@@]23C)C1. The molecule has 1 aliphatic carbocycles. The zero-order valence-electron chi connectivity index (χ0n) is 41.4. The van der Waals surface area contributed by atoms with Crippen LogP contribution in [0.2, 0.25) is 5.02 Å². The number of rotatable bonds is 16. The van der Waals surface area contributed by atoms with Crippen LogP contribution < -0.4 is 20.3 Å². The number of carbonyl (C=O) groups is 5. The number of alkyl carbamates (subject to hydrolysis) is 1. The highest BCUT2D eigenvalue weighted by atomic mass is 35.5. The van der Waals surface area contributed by atoms with Crippen LogP contribution in [-0.4, -0.2) is 127 Å². The van der Waals surface area contributed by atoms with Gasteiger partial charge in [-0.15, -0.1) is 0 Å². The molecule has 18 heteroatoms. The number of epoxide rings is 1. The molecular formula is C50H75ClN4O11S2. The summed E-state index contributed by atoms with van der Waals surface area (Å²) in [6.45, 7) is 9.27. The van der Waals surface area contributed by atoms with Crippen LogP contribution in [-0.2, 0) is 44.5 Å². The number of methoxy groups -OCH3 is 2. The minimum absolute atomic E-state index is 0.0600. The molecule has 3 heterocycles. The van der Waals surface area contributed by atoms with Gasteiger partial charge in [-0.3, -0.25) is 19.7 Å². The Morgan fingerprint density at radius 2 is 1.85 bits per heavy atom. The number of fused-ring (bicyclic) bond motifs is 5. The third-order valence-electron chi connectivity index (χ3n) is 14.0. The van der Waals surface area contributed by atoms with Gasteiger partial charge in [-0.1, -0.05) is 109 Å². The maximum atomic E-state index is 14.3. The lowest BCUT2D eigenvalue weighted by molar-refractivity contribution is -0.162. The summed E-state index contributed by atoms with van der Waals surface area (Å²) in [6, 6.07) is 2.85. The Balaban J connectivity index is 1.23. The lowest BCUT2D eigenvalue weighted by Gasteiger charge is -2.42. The lowest BCUT2D eigenvalue weighted by Crippen LogP contribution is -2.63. The average Bonchev–Trinajstić information content (AvgIpc) is 3.99. The first-order valence-electron chi connectivity index (χ1n) is 24.2. The number of aliphatic hydroxyl groups is 1. The molecular weight excluding hydrogens is 932 g/mol. The summed E-state index contributed by atoms with van der Waals surface area (Å²) >= 11 is 6.82. The molecule has 3 fully saturated rings. The summed E-state index contributed by atoms with van der Waals surface area (Å²) in [6.07, 6.45) is 11.7. The number of amides is 4. The van der Waals surface area contributed by atoms with Gasteiger partial charge in [0.05, 0.1) is 25.3 Å². The molecule has 3 N–H and O–H groups in total. The van der Waals surface area contributed by atoms with Crippen LogP contribution in [0.3, 0.4) is 0 Å². The van der Waals surface area contributed by atoms with Gasteiger partial charge in [0, 0.05) is 63.9 Å². The van der Waals surface area contributed by atoms with E-state index in [0.717, 1.165) is 36.2 Å². The number of likely N-dealkylation sites (N-methyl/N-ethyl adjacent to an activating group) is 1. The molecule has 3 aliphatic heterocycles. The van der Waals surface area contributed by atoms with Crippen LogP contribution in [0.4, 0.5) is 10.5 Å². The van der Waals surface area contributed by atoms with E-state index in [2.05, 4.69) is 17.6 Å². The van der Waals surface area contributed by atoms with Gasteiger partial charge in [0.1, 0.15) is 40.7 Å². The van der Waals surface area contributed by atoms with Crippen molar-refractivity contribution in [2.45, 2.75) is 172 Å². The molecule has 5 rings (SSSR count). The predicted molar refractivity (Wildman–Crippen MR) is 268 cm³/mol. The van der Waals surface area contributed by atoms with Crippen molar-refractivity contribution >= 4 is 68.7 Å². The van der Waals surface area contributed by atoms with Gasteiger partial charge in [0.15, 0.2) is 5.72 Å². The van der Waals surface area contributed by atoms with E-state index < -0.39 is 65.7 Å². The van der Waals surface area contributed by atoms with Crippen molar-refractivity contribution in [1.29, 1.82) is 0 Å². The molecule has 1 aromatic rings. The lowest BCUT2D eigenvalue weighted by atomic mass is 9.83. The number of nitrogens with one attached hydrogen (secondary N) is 2. The number of hydrogen-bond acceptors (Lipinski definition) is 13. The predicted octanol–water partition coefficient (Wildman–Crippen LogP) is 8.32. The molecule has 4 aliphatic rings. The molecule has 2 saturated heterocycles. The Bertz CT molecular complexity index is 1990. The molecule has 2 unspecified atom stereocenters. The third kappa shape index (κ3) is 14.8. The molecule has 0 spiro atoms. The highest BCUT2D eigenvalue weighted by Gasteiger charge is 2.64. The monoisotopic (exact) mass is 1010 g/mol. The number of ether oxygens (including phenoxy) is 5. The largest absolute Gasteiger partial charge is 0.495 e. The van der Waals surface area contributed by atoms with Crippen molar-refractivity contribution in [2.75, 3.05) is 44.7 Å². The van der Waals surface area contributed by atoms with Crippen molar-refractivity contribution < 1.29 is 52.8 Å². The maximum Gasteiger partial charge on any atom is 0.409 e. The fourth-order valence-corrected chi connectivity index (χ4v) is 12.1. The second-order valence-electron chi connectivity index (χ2n) is 19.2. The second-order valence-corrected chi connectivity index (χ2v) is 22.3. The molecule has 0 radical (unpaired) electrons. The topological polar surface area (TPSA) is 186 Å². The zero-order chi connectivity index (χ0) is 49.8. The highest BCUT2D eigenvalue weighted by Crippen LogP contribution is 2.49. The van der Waals surface area contributed by atoms with Crippen LogP contribution in [0.15, 0.2) is 35.9 Å². The molecule has 380 valence electrons. The fourth-order valence-electron chi connectivity index (χ4n) is 9.67. The Morgan fingerprint density at radius 1 is 1.12 bits per heavy atom. The van der Waals surface area contributed by atoms with Crippen LogP contribution in [0.5, 0.6) is 5.75 Å². The Hall–Kier alpha value is -3.48. The minimum Gasteiger partial charge on any atom is -0.495 e. The number of carbonyl (C=O) groups excluding carboxylic acids is 5. The van der Waals surface area contributed by atoms with Gasteiger partial charge < -0.3 is 43.9 Å². The average molecular weight is 1010 g/mol. The van der Waals surface area contributed by atoms with E-state index in [1.807, 2.05) is 13.0 Å². The van der Waals surface area contributed by atoms with Crippen LogP contribution in [0.1, 0.15) is 124 Å². The highest BCUT2D eigenvalue weighted by molar-refractivity contribution is 8.76. The van der Waals surface area contributed by atoms with E-state index in [1.165, 1.54) is 62.5 Å². The van der Waals surface area contributed by atoms with Crippen LogP contribution >= 0.6 is 33.2 Å². The Labute approximate surface area is 416 Å². The Kier molecular flexibility index (Phi) is 20.9. The van der Waals surface area contributed by atoms with Gasteiger partial charge in [-0.2, -0.15) is 0 Å². The summed E-state index contributed by atoms with van der Waals surface area (Å²) < 4.78 is 29.5. The van der Waals surface area contributed by atoms with Gasteiger partial charge >= 0.3 is 12.1 Å². The number of allylic oxidation sites excluding steroid dienone is 3. The maximum absolute atomic E-state index is 14.3. The minimum atomic E-state index is -1.84. The zero-order valence-corrected chi connectivity index (χ0v) is 43.8. The van der Waals surface area contributed by atoms with E-state index >= 15 is 0 Å². The van der Waals surface area contributed by atoms with Crippen LogP contribution in [0.25, 0.3) is 0 Å². The van der Waals surface area contributed by atoms with Crippen molar-refractivity contribution in [3.8, 4) is 5.75 Å². The van der Waals surface area contributed by atoms with E-state index in [-0.39, 0.29) is 42.1 Å². The summed E-state index contributed by atoms with van der Waals surface area (Å²) in [5.41, 5.74) is -0.967. The number of esters is 1. The fraction of sp³-hybridized carbons (Fsp3) is 0.700. The quantitative estimate of drug-likeness (QED) is 0.0622. The standard InChI is InChI=1S/C50H75ClN4O11S2/c1-10-16-34-18-12-11-13-19-36(26-34)52-42(56)21-15-23-67-68-24-22-43(57)54(6)33(4)47(59)65-41-29-44(58)55(7)37-27-35(28-38(62-8)45(37)51)25-31(2)17-14-20-40(63-9)50(61)30-39(64-48(60)53-50)32(3)46-49(41,5)66-46/h14,17,20,27-28,32-34,36,39-41,46,61H,10-13,15-16,18-19,21-26,29-30H2,1-9H3,(H,52,56)(H,53,60)/b20-14+,31-17+/t32-,33+,34?,36?,39+,40-,41+,46+,49+,50+/m1/s1. The molecule has 4 bridgehead atoms. The molecule has 1 aromatic carbocycles. The summed E-state index contributed by atoms with van der Waals surface area (Å²) in [5, 5.41) is 17.9. The summed E-state index contributed by atoms with van der Waals surface area (Å²) in [4.78, 5) is 70.3. The Morgan fingerprint density at radius 3 is 2.57 bits per heavy atom. The van der Waals surface area contributed by atoms with Gasteiger partial charge in [0.25, 0.3) is 0 Å². The first-order chi connectivity index (χ1) is 32.3. The number of hydrogen-bond donors (Lipinski definition) is 3. The molecule has 15 nitrogen and oxygen atoms in total. The van der Waals surface area contributed by atoms with Crippen molar-refractivity contribution in [2.24, 2.45) is 11.8 Å². The number of nitrogens with zero attached hydrogens (tertiary/aromatic N) is 2. The molecule has 0 aromatic heterocycles. The van der Waals surface area contributed by atoms with Gasteiger partial charge in [-0.05, 0) is 70.1 Å². The number of benzene rings is 1. The second kappa shape index (κ2) is 25.6. The summed E-state index contributed by atoms with van der Waals surface area (Å²) in [7, 11) is 9.24. The summed E-state index contributed by atoms with van der Waals surface area (Å²) in [5.74, 6) is 0.498. The van der Waals surface area contributed by atoms with E-state index in [9.17, 15) is 29.1 Å². The van der Waals surface area contributed by atoms with Crippen LogP contribution in [0, 0.1) is 11.8 Å².